The van der Waals surface area contributed by atoms with Gasteiger partial charge in [-0.05, 0) is 35.0 Å². The van der Waals surface area contributed by atoms with Crippen molar-refractivity contribution in [1.82, 2.24) is 9.55 Å². The number of nitrogens with zero attached hydrogens (tertiary/aromatic N) is 1. The molecule has 4 nitrogen and oxygen atoms in total. The Balaban J connectivity index is 2.28. The van der Waals surface area contributed by atoms with E-state index in [2.05, 4.69) is 20.9 Å². The number of fused-ring (bicyclic) bond motifs is 1. The molecule has 1 aromatic heterocycles. The number of halogens is 2. The highest BCUT2D eigenvalue weighted by Gasteiger charge is 2.06. The lowest BCUT2D eigenvalue weighted by molar-refractivity contribution is 0.877. The van der Waals surface area contributed by atoms with E-state index in [-0.39, 0.29) is 5.15 Å². The van der Waals surface area contributed by atoms with Gasteiger partial charge in [0.1, 0.15) is 5.15 Å². The maximum absolute atomic E-state index is 11.9. The van der Waals surface area contributed by atoms with Gasteiger partial charge in [0.25, 0.3) is 5.56 Å². The van der Waals surface area contributed by atoms with Gasteiger partial charge in [-0.1, -0.05) is 39.7 Å². The zero-order valence-corrected chi connectivity index (χ0v) is 12.4. The molecular formula is C14H8BrClN2O2. The smallest absolute Gasteiger partial charge is 0.297 e. The van der Waals surface area contributed by atoms with E-state index in [1.807, 2.05) is 24.3 Å². The van der Waals surface area contributed by atoms with Crippen molar-refractivity contribution in [1.29, 1.82) is 0 Å². The fraction of sp³-hybridized carbons (Fsp3) is 0. The van der Waals surface area contributed by atoms with E-state index in [1.54, 1.807) is 12.1 Å². The van der Waals surface area contributed by atoms with Gasteiger partial charge in [0.05, 0.1) is 5.69 Å². The van der Waals surface area contributed by atoms with Crippen LogP contribution in [0.5, 0.6) is 0 Å². The maximum atomic E-state index is 11.9. The zero-order valence-electron chi connectivity index (χ0n) is 10.1. The van der Waals surface area contributed by atoms with Gasteiger partial charge in [-0.2, -0.15) is 0 Å². The van der Waals surface area contributed by atoms with Crippen LogP contribution in [-0.4, -0.2) is 9.55 Å². The molecule has 0 aliphatic carbocycles. The predicted molar refractivity (Wildman–Crippen MR) is 82.9 cm³/mol. The molecular weight excluding hydrogens is 344 g/mol. The molecule has 0 spiro atoms. The summed E-state index contributed by atoms with van der Waals surface area (Å²) in [5, 5.41) is 1.98. The minimum atomic E-state index is -0.557. The molecule has 1 N–H and O–H groups in total. The Morgan fingerprint density at radius 2 is 1.70 bits per heavy atom. The van der Waals surface area contributed by atoms with Crippen LogP contribution in [-0.2, 0) is 0 Å². The fourth-order valence-electron chi connectivity index (χ4n) is 2.05. The van der Waals surface area contributed by atoms with Crippen LogP contribution in [0.3, 0.4) is 0 Å². The van der Waals surface area contributed by atoms with Gasteiger partial charge in [-0.3, -0.25) is 9.78 Å². The highest BCUT2D eigenvalue weighted by atomic mass is 79.9. The molecule has 6 heteroatoms. The summed E-state index contributed by atoms with van der Waals surface area (Å²) >= 11 is 9.05. The Morgan fingerprint density at radius 1 is 1.00 bits per heavy atom. The molecule has 100 valence electrons. The average molecular weight is 352 g/mol. The number of rotatable bonds is 1. The number of hydrogen-bond acceptors (Lipinski definition) is 2. The van der Waals surface area contributed by atoms with Crippen molar-refractivity contribution in [3.63, 3.8) is 0 Å². The van der Waals surface area contributed by atoms with E-state index in [9.17, 15) is 9.59 Å². The van der Waals surface area contributed by atoms with Crippen molar-refractivity contribution in [2.75, 3.05) is 0 Å². The normalized spacial score (nSPS) is 10.9. The molecule has 3 aromatic rings. The molecule has 0 fully saturated rings. The van der Waals surface area contributed by atoms with E-state index >= 15 is 0 Å². The predicted octanol–water partition coefficient (Wildman–Crippen LogP) is 3.09. The zero-order chi connectivity index (χ0) is 14.3. The van der Waals surface area contributed by atoms with Gasteiger partial charge < -0.3 is 0 Å². The Hall–Kier alpha value is -1.85. The second-order valence-corrected chi connectivity index (χ2v) is 5.59. The third-order valence-electron chi connectivity index (χ3n) is 2.94. The van der Waals surface area contributed by atoms with E-state index < -0.39 is 11.2 Å². The summed E-state index contributed by atoms with van der Waals surface area (Å²) in [6, 6.07) is 12.3. The lowest BCUT2D eigenvalue weighted by Gasteiger charge is -2.06. The van der Waals surface area contributed by atoms with Crippen molar-refractivity contribution in [2.45, 2.75) is 0 Å². The first kappa shape index (κ1) is 13.1. The molecule has 2 aromatic carbocycles. The van der Waals surface area contributed by atoms with Crippen LogP contribution in [0.2, 0.25) is 5.15 Å². The van der Waals surface area contributed by atoms with Crippen molar-refractivity contribution in [3.8, 4) is 5.69 Å². The molecule has 0 unspecified atom stereocenters. The number of aromatic amines is 1. The second kappa shape index (κ2) is 4.92. The number of aromatic nitrogens is 2. The van der Waals surface area contributed by atoms with Crippen LogP contribution in [0, 0.1) is 0 Å². The van der Waals surface area contributed by atoms with Crippen LogP contribution in [0.15, 0.2) is 56.5 Å². The molecule has 0 saturated carbocycles. The molecule has 3 rings (SSSR count). The lowest BCUT2D eigenvalue weighted by Crippen LogP contribution is -2.32. The fourth-order valence-corrected chi connectivity index (χ4v) is 2.61. The van der Waals surface area contributed by atoms with Gasteiger partial charge in [-0.25, -0.2) is 9.36 Å². The third-order valence-corrected chi connectivity index (χ3v) is 3.64. The number of H-pyrrole nitrogens is 1. The molecule has 0 amide bonds. The number of hydrogen-bond donors (Lipinski definition) is 1. The number of nitrogens with one attached hydrogen (secondary N) is 1. The Kier molecular flexibility index (Phi) is 3.23. The van der Waals surface area contributed by atoms with Crippen LogP contribution in [0.25, 0.3) is 16.5 Å². The van der Waals surface area contributed by atoms with Crippen LogP contribution < -0.4 is 11.2 Å². The summed E-state index contributed by atoms with van der Waals surface area (Å²) in [5.41, 5.74) is -0.517. The Morgan fingerprint density at radius 3 is 2.45 bits per heavy atom. The van der Waals surface area contributed by atoms with Crippen LogP contribution in [0.4, 0.5) is 0 Å². The summed E-state index contributed by atoms with van der Waals surface area (Å²) in [6.45, 7) is 0. The highest BCUT2D eigenvalue weighted by Crippen LogP contribution is 2.21. The van der Waals surface area contributed by atoms with Gasteiger partial charge in [-0.15, -0.1) is 0 Å². The summed E-state index contributed by atoms with van der Waals surface area (Å²) in [5.74, 6) is 0. The standard InChI is InChI=1S/C14H8BrClN2O2/c15-10-3-1-9-6-11(4-2-8(9)5-10)18-13(19)7-12(16)17-14(18)20/h1-7H,(H,17,20). The molecule has 20 heavy (non-hydrogen) atoms. The summed E-state index contributed by atoms with van der Waals surface area (Å²) < 4.78 is 2.02. The minimum absolute atomic E-state index is 0.0287. The second-order valence-electron chi connectivity index (χ2n) is 4.27. The molecule has 0 atom stereocenters. The molecule has 0 saturated heterocycles. The van der Waals surface area contributed by atoms with Crippen molar-refractivity contribution in [3.05, 3.63) is 72.9 Å². The van der Waals surface area contributed by atoms with Gasteiger partial charge in [0.15, 0.2) is 0 Å². The van der Waals surface area contributed by atoms with E-state index in [0.717, 1.165) is 19.8 Å². The topological polar surface area (TPSA) is 54.9 Å². The average Bonchev–Trinajstić information content (AvgIpc) is 2.37. The summed E-state index contributed by atoms with van der Waals surface area (Å²) in [6.07, 6.45) is 0. The van der Waals surface area contributed by atoms with Crippen LogP contribution in [0.1, 0.15) is 0 Å². The lowest BCUT2D eigenvalue weighted by atomic mass is 10.1. The first-order chi connectivity index (χ1) is 9.54. The minimum Gasteiger partial charge on any atom is -0.297 e. The van der Waals surface area contributed by atoms with Crippen molar-refractivity contribution >= 4 is 38.3 Å². The van der Waals surface area contributed by atoms with Crippen LogP contribution >= 0.6 is 27.5 Å². The molecule has 0 aliphatic heterocycles. The van der Waals surface area contributed by atoms with Gasteiger partial charge >= 0.3 is 5.69 Å². The third kappa shape index (κ3) is 2.30. The monoisotopic (exact) mass is 350 g/mol. The van der Waals surface area contributed by atoms with Crippen molar-refractivity contribution in [2.24, 2.45) is 0 Å². The van der Waals surface area contributed by atoms with E-state index in [1.165, 1.54) is 6.07 Å². The molecule has 0 bridgehead atoms. The number of benzene rings is 2. The van der Waals surface area contributed by atoms with Crippen molar-refractivity contribution < 1.29 is 0 Å². The molecule has 1 heterocycles. The first-order valence-electron chi connectivity index (χ1n) is 5.76. The highest BCUT2D eigenvalue weighted by molar-refractivity contribution is 9.10. The molecule has 0 aliphatic rings. The summed E-state index contributed by atoms with van der Waals surface area (Å²) in [4.78, 5) is 26.2. The van der Waals surface area contributed by atoms with E-state index in [4.69, 9.17) is 11.6 Å². The Labute approximate surface area is 126 Å². The van der Waals surface area contributed by atoms with E-state index in [0.29, 0.717) is 5.69 Å². The van der Waals surface area contributed by atoms with Gasteiger partial charge in [0.2, 0.25) is 0 Å². The van der Waals surface area contributed by atoms with Gasteiger partial charge in [0, 0.05) is 10.5 Å². The maximum Gasteiger partial charge on any atom is 0.334 e. The first-order valence-corrected chi connectivity index (χ1v) is 6.93. The summed E-state index contributed by atoms with van der Waals surface area (Å²) in [7, 11) is 0. The Bertz CT molecular complexity index is 899. The quantitative estimate of drug-likeness (QED) is 0.685. The molecule has 0 radical (unpaired) electrons. The largest absolute Gasteiger partial charge is 0.334 e. The SMILES string of the molecule is O=c1cc(Cl)[nH]c(=O)n1-c1ccc2cc(Br)ccc2c1.